The zero-order valence-corrected chi connectivity index (χ0v) is 20.3. The zero-order chi connectivity index (χ0) is 20.4. The lowest BCUT2D eigenvalue weighted by Crippen LogP contribution is -2.48. The fourth-order valence-corrected chi connectivity index (χ4v) is 4.18. The molecule has 0 aromatic rings. The average molecular weight is 533 g/mol. The van der Waals surface area contributed by atoms with Gasteiger partial charge >= 0.3 is 6.18 Å². The molecule has 0 aliphatic carbocycles. The quantitative estimate of drug-likeness (QED) is 0.284. The van der Waals surface area contributed by atoms with E-state index in [4.69, 9.17) is 4.99 Å². The molecule has 0 spiro atoms. The molecule has 5 nitrogen and oxygen atoms in total. The molecular weight excluding hydrogens is 494 g/mol. The first-order valence-corrected chi connectivity index (χ1v) is 11.0. The summed E-state index contributed by atoms with van der Waals surface area (Å²) >= 11 is 0. The van der Waals surface area contributed by atoms with Crippen molar-refractivity contribution in [3.05, 3.63) is 0 Å². The molecule has 172 valence electrons. The fourth-order valence-electron chi connectivity index (χ4n) is 4.18. The van der Waals surface area contributed by atoms with Crippen molar-refractivity contribution in [2.45, 2.75) is 64.6 Å². The standard InChI is InChI=1S/C20H38F3N5.HI/c1-3-11-27-14-8-18(9-15-27)26-19(24-4-2)25-10-5-17-6-12-28(13-7-17)16-20(21,22)23;/h17-18H,3-16H2,1-2H3,(H2,24,25,26);1H. The molecule has 2 fully saturated rings. The number of rotatable bonds is 8. The number of aliphatic imine (C=N–C) groups is 1. The van der Waals surface area contributed by atoms with Gasteiger partial charge in [0.05, 0.1) is 6.54 Å². The number of nitrogens with zero attached hydrogens (tertiary/aromatic N) is 3. The Morgan fingerprint density at radius 1 is 1.00 bits per heavy atom. The van der Waals surface area contributed by atoms with Crippen molar-refractivity contribution in [2.24, 2.45) is 10.9 Å². The lowest BCUT2D eigenvalue weighted by molar-refractivity contribution is -0.148. The van der Waals surface area contributed by atoms with Crippen molar-refractivity contribution in [1.29, 1.82) is 0 Å². The number of halogens is 4. The van der Waals surface area contributed by atoms with Crippen LogP contribution in [0.3, 0.4) is 0 Å². The Morgan fingerprint density at radius 3 is 2.17 bits per heavy atom. The van der Waals surface area contributed by atoms with Crippen LogP contribution in [0.25, 0.3) is 0 Å². The van der Waals surface area contributed by atoms with Crippen molar-refractivity contribution in [3.8, 4) is 0 Å². The van der Waals surface area contributed by atoms with Crippen LogP contribution in [0.15, 0.2) is 4.99 Å². The number of likely N-dealkylation sites (tertiary alicyclic amines) is 2. The number of hydrogen-bond donors (Lipinski definition) is 2. The van der Waals surface area contributed by atoms with Gasteiger partial charge in [0.15, 0.2) is 5.96 Å². The molecule has 0 radical (unpaired) electrons. The lowest BCUT2D eigenvalue weighted by atomic mass is 9.93. The SMILES string of the molecule is CCCN1CCC(NC(=NCCC2CCN(CC(F)(F)F)CC2)NCC)CC1.I. The molecule has 0 bridgehead atoms. The second-order valence-corrected chi connectivity index (χ2v) is 8.14. The van der Waals surface area contributed by atoms with E-state index in [9.17, 15) is 13.2 Å². The third kappa shape index (κ3) is 11.1. The molecule has 2 aliphatic heterocycles. The van der Waals surface area contributed by atoms with E-state index in [0.29, 0.717) is 25.0 Å². The van der Waals surface area contributed by atoms with Gasteiger partial charge in [-0.2, -0.15) is 13.2 Å². The van der Waals surface area contributed by atoms with Gasteiger partial charge in [0.1, 0.15) is 0 Å². The highest BCUT2D eigenvalue weighted by Crippen LogP contribution is 2.24. The van der Waals surface area contributed by atoms with Gasteiger partial charge in [-0.3, -0.25) is 9.89 Å². The van der Waals surface area contributed by atoms with Crippen LogP contribution in [0.4, 0.5) is 13.2 Å². The summed E-state index contributed by atoms with van der Waals surface area (Å²) < 4.78 is 37.4. The molecule has 29 heavy (non-hydrogen) atoms. The smallest absolute Gasteiger partial charge is 0.357 e. The Bertz CT molecular complexity index is 460. The lowest BCUT2D eigenvalue weighted by Gasteiger charge is -2.33. The van der Waals surface area contributed by atoms with Crippen LogP contribution in [0.5, 0.6) is 0 Å². The van der Waals surface area contributed by atoms with Crippen molar-refractivity contribution in [3.63, 3.8) is 0 Å². The number of alkyl halides is 3. The van der Waals surface area contributed by atoms with E-state index in [-0.39, 0.29) is 24.0 Å². The summed E-state index contributed by atoms with van der Waals surface area (Å²) in [4.78, 5) is 8.77. The van der Waals surface area contributed by atoms with Gasteiger partial charge in [-0.25, -0.2) is 0 Å². The molecule has 2 saturated heterocycles. The van der Waals surface area contributed by atoms with Gasteiger partial charge in [0.25, 0.3) is 0 Å². The maximum Gasteiger partial charge on any atom is 0.401 e. The van der Waals surface area contributed by atoms with E-state index in [1.807, 2.05) is 0 Å². The van der Waals surface area contributed by atoms with Crippen molar-refractivity contribution < 1.29 is 13.2 Å². The molecule has 2 heterocycles. The van der Waals surface area contributed by atoms with Crippen LogP contribution < -0.4 is 10.6 Å². The highest BCUT2D eigenvalue weighted by molar-refractivity contribution is 14.0. The van der Waals surface area contributed by atoms with Gasteiger partial charge in [-0.15, -0.1) is 24.0 Å². The Morgan fingerprint density at radius 2 is 1.62 bits per heavy atom. The first-order chi connectivity index (χ1) is 13.4. The minimum atomic E-state index is -4.09. The van der Waals surface area contributed by atoms with E-state index < -0.39 is 12.7 Å². The second kappa shape index (κ2) is 13.9. The minimum Gasteiger partial charge on any atom is -0.357 e. The van der Waals surface area contributed by atoms with Crippen LogP contribution in [-0.4, -0.2) is 80.3 Å². The number of hydrogen-bond acceptors (Lipinski definition) is 3. The molecule has 0 saturated carbocycles. The van der Waals surface area contributed by atoms with E-state index in [0.717, 1.165) is 64.2 Å². The van der Waals surface area contributed by atoms with Crippen LogP contribution in [0.1, 0.15) is 52.4 Å². The predicted octanol–water partition coefficient (Wildman–Crippen LogP) is 3.70. The Hall–Kier alpha value is -0.290. The minimum absolute atomic E-state index is 0. The fraction of sp³-hybridized carbons (Fsp3) is 0.950. The van der Waals surface area contributed by atoms with E-state index in [2.05, 4.69) is 29.4 Å². The van der Waals surface area contributed by atoms with Gasteiger partial charge < -0.3 is 15.5 Å². The molecule has 2 N–H and O–H groups in total. The van der Waals surface area contributed by atoms with Crippen molar-refractivity contribution in [1.82, 2.24) is 20.4 Å². The van der Waals surface area contributed by atoms with E-state index in [1.54, 1.807) is 0 Å². The van der Waals surface area contributed by atoms with Crippen LogP contribution in [0, 0.1) is 5.92 Å². The van der Waals surface area contributed by atoms with Crippen molar-refractivity contribution >= 4 is 29.9 Å². The maximum absolute atomic E-state index is 12.5. The van der Waals surface area contributed by atoms with Gasteiger partial charge in [0, 0.05) is 32.2 Å². The molecular formula is C20H39F3IN5. The summed E-state index contributed by atoms with van der Waals surface area (Å²) in [5.41, 5.74) is 0. The Kier molecular flexibility index (Phi) is 12.8. The Balaban J connectivity index is 0.00000420. The molecule has 0 aromatic heterocycles. The van der Waals surface area contributed by atoms with Crippen LogP contribution in [0.2, 0.25) is 0 Å². The van der Waals surface area contributed by atoms with E-state index >= 15 is 0 Å². The molecule has 9 heteroatoms. The largest absolute Gasteiger partial charge is 0.401 e. The maximum atomic E-state index is 12.5. The monoisotopic (exact) mass is 533 g/mol. The van der Waals surface area contributed by atoms with Crippen molar-refractivity contribution in [2.75, 3.05) is 52.4 Å². The summed E-state index contributed by atoms with van der Waals surface area (Å²) in [6.07, 6.45) is 2.03. The zero-order valence-electron chi connectivity index (χ0n) is 17.9. The topological polar surface area (TPSA) is 42.9 Å². The average Bonchev–Trinajstić information content (AvgIpc) is 2.64. The number of piperidine rings is 2. The molecule has 0 aromatic carbocycles. The van der Waals surface area contributed by atoms with E-state index in [1.165, 1.54) is 17.9 Å². The number of nitrogens with one attached hydrogen (secondary N) is 2. The molecule has 0 atom stereocenters. The van der Waals surface area contributed by atoms with Crippen LogP contribution in [-0.2, 0) is 0 Å². The first-order valence-electron chi connectivity index (χ1n) is 11.0. The molecule has 0 amide bonds. The van der Waals surface area contributed by atoms with Gasteiger partial charge in [-0.1, -0.05) is 6.92 Å². The summed E-state index contributed by atoms with van der Waals surface area (Å²) in [6.45, 7) is 9.63. The van der Waals surface area contributed by atoms with Gasteiger partial charge in [-0.05, 0) is 71.0 Å². The third-order valence-electron chi connectivity index (χ3n) is 5.73. The predicted molar refractivity (Wildman–Crippen MR) is 124 cm³/mol. The Labute approximate surface area is 191 Å². The first kappa shape index (κ1) is 26.7. The summed E-state index contributed by atoms with van der Waals surface area (Å²) in [6, 6.07) is 0.469. The summed E-state index contributed by atoms with van der Waals surface area (Å²) in [7, 11) is 0. The van der Waals surface area contributed by atoms with Crippen LogP contribution >= 0.6 is 24.0 Å². The molecule has 2 aliphatic rings. The summed E-state index contributed by atoms with van der Waals surface area (Å²) in [5.74, 6) is 1.36. The normalized spacial score (nSPS) is 21.1. The van der Waals surface area contributed by atoms with Gasteiger partial charge in [0.2, 0.25) is 0 Å². The third-order valence-corrected chi connectivity index (χ3v) is 5.73. The highest BCUT2D eigenvalue weighted by atomic mass is 127. The summed E-state index contributed by atoms with van der Waals surface area (Å²) in [5, 5.41) is 6.90. The second-order valence-electron chi connectivity index (χ2n) is 8.14. The number of guanidine groups is 1. The molecule has 0 unspecified atom stereocenters. The molecule has 2 rings (SSSR count). The highest BCUT2D eigenvalue weighted by Gasteiger charge is 2.32.